The molecule has 0 aliphatic rings. The molecule has 0 spiro atoms. The number of aromatic carboxylic acids is 1. The van der Waals surface area contributed by atoms with E-state index in [1.165, 1.54) is 6.07 Å². The molecule has 0 radical (unpaired) electrons. The molecule has 0 unspecified atom stereocenters. The minimum atomic E-state index is -3.19. The molecule has 1 N–H and O–H groups in total. The molecule has 106 valence electrons. The van der Waals surface area contributed by atoms with Crippen molar-refractivity contribution in [1.82, 2.24) is 0 Å². The van der Waals surface area contributed by atoms with Crippen LogP contribution >= 0.6 is 0 Å². The van der Waals surface area contributed by atoms with Crippen molar-refractivity contribution in [3.8, 4) is 5.75 Å². The third-order valence-corrected chi connectivity index (χ3v) is 4.16. The predicted octanol–water partition coefficient (Wildman–Crippen LogP) is 1.73. The molecule has 0 aliphatic heterocycles. The van der Waals surface area contributed by atoms with Crippen LogP contribution in [0.15, 0.2) is 18.2 Å². The summed E-state index contributed by atoms with van der Waals surface area (Å²) in [5.74, 6) is -2.20. The van der Waals surface area contributed by atoms with Crippen LogP contribution in [0.1, 0.15) is 23.7 Å². The maximum absolute atomic E-state index is 12.9. The highest BCUT2D eigenvalue weighted by atomic mass is 32.2. The van der Waals surface area contributed by atoms with Crippen LogP contribution in [-0.4, -0.2) is 37.6 Å². The van der Waals surface area contributed by atoms with Crippen LogP contribution in [0, 0.1) is 5.82 Å². The van der Waals surface area contributed by atoms with Crippen molar-refractivity contribution in [2.75, 3.05) is 18.1 Å². The van der Waals surface area contributed by atoms with E-state index in [4.69, 9.17) is 9.84 Å². The van der Waals surface area contributed by atoms with E-state index in [9.17, 15) is 17.6 Å². The van der Waals surface area contributed by atoms with Gasteiger partial charge in [-0.3, -0.25) is 0 Å². The van der Waals surface area contributed by atoms with Crippen molar-refractivity contribution in [1.29, 1.82) is 0 Å². The Morgan fingerprint density at radius 2 is 2.05 bits per heavy atom. The Hall–Kier alpha value is -1.63. The van der Waals surface area contributed by atoms with Crippen LogP contribution in [-0.2, 0) is 9.84 Å². The first-order valence-corrected chi connectivity index (χ1v) is 7.54. The van der Waals surface area contributed by atoms with Gasteiger partial charge in [-0.1, -0.05) is 6.92 Å². The quantitative estimate of drug-likeness (QED) is 0.827. The highest BCUT2D eigenvalue weighted by molar-refractivity contribution is 7.91. The molecule has 19 heavy (non-hydrogen) atoms. The van der Waals surface area contributed by atoms with E-state index in [0.29, 0.717) is 6.42 Å². The summed E-state index contributed by atoms with van der Waals surface area (Å²) in [6, 6.07) is 3.06. The molecule has 0 fully saturated rings. The van der Waals surface area contributed by atoms with E-state index < -0.39 is 21.6 Å². The molecule has 0 saturated carbocycles. The zero-order chi connectivity index (χ0) is 14.5. The summed E-state index contributed by atoms with van der Waals surface area (Å²) >= 11 is 0. The van der Waals surface area contributed by atoms with E-state index in [-0.39, 0.29) is 29.4 Å². The standard InChI is InChI=1S/C12H15FO5S/c1-2-6-19(16,17)7-5-18-11-4-3-9(13)8-10(11)12(14)15/h3-4,8H,2,5-7H2,1H3,(H,14,15). The molecular weight excluding hydrogens is 275 g/mol. The molecule has 1 rings (SSSR count). The monoisotopic (exact) mass is 290 g/mol. The molecule has 5 nitrogen and oxygen atoms in total. The average molecular weight is 290 g/mol. The minimum absolute atomic E-state index is 0.0411. The van der Waals surface area contributed by atoms with Crippen LogP contribution in [0.3, 0.4) is 0 Å². The number of carboxylic acid groups (broad SMARTS) is 1. The number of sulfone groups is 1. The van der Waals surface area contributed by atoms with Gasteiger partial charge in [0.15, 0.2) is 9.84 Å². The number of rotatable bonds is 7. The lowest BCUT2D eigenvalue weighted by atomic mass is 10.2. The summed E-state index contributed by atoms with van der Waals surface area (Å²) in [5.41, 5.74) is -0.326. The van der Waals surface area contributed by atoms with Gasteiger partial charge in [0.1, 0.15) is 23.7 Å². The number of hydrogen-bond donors (Lipinski definition) is 1. The van der Waals surface area contributed by atoms with Crippen molar-refractivity contribution in [2.45, 2.75) is 13.3 Å². The lowest BCUT2D eigenvalue weighted by molar-refractivity contribution is 0.0692. The van der Waals surface area contributed by atoms with Gasteiger partial charge in [-0.05, 0) is 24.6 Å². The van der Waals surface area contributed by atoms with E-state index in [1.807, 2.05) is 0 Å². The Balaban J connectivity index is 2.71. The Morgan fingerprint density at radius 3 is 2.63 bits per heavy atom. The number of hydrogen-bond acceptors (Lipinski definition) is 4. The number of halogens is 1. The summed E-state index contributed by atoms with van der Waals surface area (Å²) in [6.07, 6.45) is 0.513. The van der Waals surface area contributed by atoms with E-state index in [0.717, 1.165) is 12.1 Å². The number of ether oxygens (including phenoxy) is 1. The van der Waals surface area contributed by atoms with Crippen molar-refractivity contribution >= 4 is 15.8 Å². The third-order valence-electron chi connectivity index (χ3n) is 2.34. The maximum atomic E-state index is 12.9. The Morgan fingerprint density at radius 1 is 1.37 bits per heavy atom. The fraction of sp³-hybridized carbons (Fsp3) is 0.417. The molecular formula is C12H15FO5S. The second kappa shape index (κ2) is 6.51. The molecule has 1 aromatic rings. The van der Waals surface area contributed by atoms with Gasteiger partial charge in [0.2, 0.25) is 0 Å². The van der Waals surface area contributed by atoms with E-state index >= 15 is 0 Å². The van der Waals surface area contributed by atoms with Crippen LogP contribution in [0.25, 0.3) is 0 Å². The summed E-state index contributed by atoms with van der Waals surface area (Å²) < 4.78 is 40.9. The van der Waals surface area contributed by atoms with Gasteiger partial charge in [0.05, 0.1) is 11.5 Å². The highest BCUT2D eigenvalue weighted by Crippen LogP contribution is 2.19. The molecule has 0 heterocycles. The van der Waals surface area contributed by atoms with Gasteiger partial charge >= 0.3 is 5.97 Å². The van der Waals surface area contributed by atoms with Crippen molar-refractivity contribution in [3.63, 3.8) is 0 Å². The zero-order valence-corrected chi connectivity index (χ0v) is 11.2. The average Bonchev–Trinajstić information content (AvgIpc) is 2.30. The highest BCUT2D eigenvalue weighted by Gasteiger charge is 2.14. The molecule has 0 saturated heterocycles. The zero-order valence-electron chi connectivity index (χ0n) is 10.4. The smallest absolute Gasteiger partial charge is 0.339 e. The number of carboxylic acids is 1. The van der Waals surface area contributed by atoms with Crippen LogP contribution < -0.4 is 4.74 Å². The van der Waals surface area contributed by atoms with Gasteiger partial charge in [0, 0.05) is 0 Å². The Kier molecular flexibility index (Phi) is 5.29. The second-order valence-electron chi connectivity index (χ2n) is 3.95. The predicted molar refractivity (Wildman–Crippen MR) is 67.8 cm³/mol. The molecule has 0 aliphatic carbocycles. The molecule has 0 aromatic heterocycles. The normalized spacial score (nSPS) is 11.3. The summed E-state index contributed by atoms with van der Waals surface area (Å²) in [4.78, 5) is 10.9. The lowest BCUT2D eigenvalue weighted by Crippen LogP contribution is -2.17. The lowest BCUT2D eigenvalue weighted by Gasteiger charge is -2.09. The molecule has 0 amide bonds. The fourth-order valence-electron chi connectivity index (χ4n) is 1.49. The van der Waals surface area contributed by atoms with Gasteiger partial charge < -0.3 is 9.84 Å². The van der Waals surface area contributed by atoms with Gasteiger partial charge in [-0.2, -0.15) is 0 Å². The van der Waals surface area contributed by atoms with Crippen LogP contribution in [0.4, 0.5) is 4.39 Å². The SMILES string of the molecule is CCCS(=O)(=O)CCOc1ccc(F)cc1C(=O)O. The van der Waals surface area contributed by atoms with Crippen LogP contribution in [0.2, 0.25) is 0 Å². The van der Waals surface area contributed by atoms with Crippen molar-refractivity contribution < 1.29 is 27.4 Å². The number of carbonyl (C=O) groups is 1. The van der Waals surface area contributed by atoms with Gasteiger partial charge in [-0.25, -0.2) is 17.6 Å². The first-order chi connectivity index (χ1) is 8.85. The Labute approximate surface area is 110 Å². The van der Waals surface area contributed by atoms with Crippen molar-refractivity contribution in [3.05, 3.63) is 29.6 Å². The summed E-state index contributed by atoms with van der Waals surface area (Å²) in [6.45, 7) is 1.59. The van der Waals surface area contributed by atoms with Gasteiger partial charge in [-0.15, -0.1) is 0 Å². The first kappa shape index (κ1) is 15.4. The number of benzene rings is 1. The fourth-order valence-corrected chi connectivity index (χ4v) is 2.65. The Bertz CT molecular complexity index is 553. The third kappa shape index (κ3) is 4.86. The summed E-state index contributed by atoms with van der Waals surface area (Å²) in [5, 5.41) is 8.87. The van der Waals surface area contributed by atoms with Gasteiger partial charge in [0.25, 0.3) is 0 Å². The van der Waals surface area contributed by atoms with Crippen molar-refractivity contribution in [2.24, 2.45) is 0 Å². The second-order valence-corrected chi connectivity index (χ2v) is 6.25. The summed E-state index contributed by atoms with van der Waals surface area (Å²) in [7, 11) is -3.19. The minimum Gasteiger partial charge on any atom is -0.492 e. The first-order valence-electron chi connectivity index (χ1n) is 5.72. The largest absolute Gasteiger partial charge is 0.492 e. The molecule has 0 bridgehead atoms. The van der Waals surface area contributed by atoms with E-state index in [1.54, 1.807) is 6.92 Å². The van der Waals surface area contributed by atoms with Crippen LogP contribution in [0.5, 0.6) is 5.75 Å². The molecule has 7 heteroatoms. The molecule has 0 atom stereocenters. The van der Waals surface area contributed by atoms with E-state index in [2.05, 4.69) is 0 Å². The topological polar surface area (TPSA) is 80.7 Å². The maximum Gasteiger partial charge on any atom is 0.339 e. The molecule has 1 aromatic carbocycles.